The van der Waals surface area contributed by atoms with Crippen molar-refractivity contribution in [2.75, 3.05) is 4.90 Å². The normalized spacial score (nSPS) is 18.7. The van der Waals surface area contributed by atoms with Gasteiger partial charge >= 0.3 is 0 Å². The van der Waals surface area contributed by atoms with Crippen LogP contribution in [0.15, 0.2) is 64.6 Å². The van der Waals surface area contributed by atoms with Crippen molar-refractivity contribution in [3.05, 3.63) is 65.7 Å². The molecule has 1 fully saturated rings. The predicted octanol–water partition coefficient (Wildman–Crippen LogP) is 3.03. The molecule has 0 bridgehead atoms. The van der Waals surface area contributed by atoms with Gasteiger partial charge < -0.3 is 11.5 Å². The van der Waals surface area contributed by atoms with Gasteiger partial charge in [-0.3, -0.25) is 9.69 Å². The molecule has 2 aromatic carbocycles. The molecule has 0 unspecified atom stereocenters. The van der Waals surface area contributed by atoms with Crippen molar-refractivity contribution in [2.45, 2.75) is 37.8 Å². The lowest BCUT2D eigenvalue weighted by molar-refractivity contribution is 0.103. The standard InChI is InChI=1S/C21H23N5O/c22-19-24-20(23)26(21(25-19)13-5-2-6-14-21)17-11-9-16(10-12-17)18(27)15-7-3-1-4-8-15/h1,3-4,7-12H,2,5-6,13-14H2,(H4,22,23,24,25). The van der Waals surface area contributed by atoms with E-state index in [2.05, 4.69) is 9.98 Å². The lowest BCUT2D eigenvalue weighted by atomic mass is 9.87. The van der Waals surface area contributed by atoms with Crippen LogP contribution in [0.4, 0.5) is 5.69 Å². The van der Waals surface area contributed by atoms with Crippen molar-refractivity contribution in [3.63, 3.8) is 0 Å². The Morgan fingerprint density at radius 1 is 0.889 bits per heavy atom. The summed E-state index contributed by atoms with van der Waals surface area (Å²) in [5.74, 6) is 0.588. The minimum Gasteiger partial charge on any atom is -0.369 e. The Kier molecular flexibility index (Phi) is 4.39. The second-order valence-electron chi connectivity index (χ2n) is 7.06. The van der Waals surface area contributed by atoms with Crippen LogP contribution >= 0.6 is 0 Å². The molecule has 6 heteroatoms. The fourth-order valence-corrected chi connectivity index (χ4v) is 4.01. The Morgan fingerprint density at radius 2 is 1.52 bits per heavy atom. The third kappa shape index (κ3) is 3.18. The number of aliphatic imine (C=N–C) groups is 2. The van der Waals surface area contributed by atoms with Crippen molar-refractivity contribution in [2.24, 2.45) is 21.5 Å². The number of benzene rings is 2. The summed E-state index contributed by atoms with van der Waals surface area (Å²) in [7, 11) is 0. The SMILES string of the molecule is NC1=NC2(CCCCC2)N(c2ccc(C(=O)c3ccccc3)cc2)C(N)=N1. The third-order valence-electron chi connectivity index (χ3n) is 5.28. The average Bonchev–Trinajstić information content (AvgIpc) is 2.68. The molecule has 0 aromatic heterocycles. The van der Waals surface area contributed by atoms with E-state index in [0.717, 1.165) is 31.4 Å². The second kappa shape index (κ2) is 6.87. The van der Waals surface area contributed by atoms with Gasteiger partial charge in [0.15, 0.2) is 5.78 Å². The Bertz CT molecular complexity index is 896. The first-order chi connectivity index (χ1) is 13.1. The van der Waals surface area contributed by atoms with Gasteiger partial charge in [0.1, 0.15) is 5.66 Å². The molecule has 1 spiro atoms. The van der Waals surface area contributed by atoms with Gasteiger partial charge in [-0.25, -0.2) is 4.99 Å². The topological polar surface area (TPSA) is 97.1 Å². The second-order valence-corrected chi connectivity index (χ2v) is 7.06. The molecule has 1 aliphatic heterocycles. The summed E-state index contributed by atoms with van der Waals surface area (Å²) in [4.78, 5) is 23.5. The van der Waals surface area contributed by atoms with E-state index in [1.807, 2.05) is 59.5 Å². The maximum absolute atomic E-state index is 12.6. The molecule has 27 heavy (non-hydrogen) atoms. The lowest BCUT2D eigenvalue weighted by Crippen LogP contribution is -2.58. The zero-order valence-electron chi connectivity index (χ0n) is 15.1. The number of guanidine groups is 2. The predicted molar refractivity (Wildman–Crippen MR) is 108 cm³/mol. The van der Waals surface area contributed by atoms with Crippen molar-refractivity contribution in [3.8, 4) is 0 Å². The zero-order valence-corrected chi connectivity index (χ0v) is 15.1. The third-order valence-corrected chi connectivity index (χ3v) is 5.28. The molecule has 1 heterocycles. The van der Waals surface area contributed by atoms with Gasteiger partial charge in [-0.05, 0) is 49.9 Å². The molecule has 6 nitrogen and oxygen atoms in total. The van der Waals surface area contributed by atoms with Crippen molar-refractivity contribution in [1.29, 1.82) is 0 Å². The molecule has 138 valence electrons. The molecular weight excluding hydrogens is 338 g/mol. The molecule has 1 aliphatic carbocycles. The van der Waals surface area contributed by atoms with Gasteiger partial charge in [0.05, 0.1) is 0 Å². The number of carbonyl (C=O) groups excluding carboxylic acids is 1. The largest absolute Gasteiger partial charge is 0.369 e. The van der Waals surface area contributed by atoms with Crippen LogP contribution in [0.5, 0.6) is 0 Å². The number of hydrogen-bond donors (Lipinski definition) is 2. The highest BCUT2D eigenvalue weighted by atomic mass is 16.1. The molecule has 0 amide bonds. The number of ketones is 1. The quantitative estimate of drug-likeness (QED) is 0.821. The molecule has 2 aromatic rings. The summed E-state index contributed by atoms with van der Waals surface area (Å²) in [5, 5.41) is 0. The zero-order chi connectivity index (χ0) is 18.9. The number of carbonyl (C=O) groups is 1. The molecule has 0 saturated heterocycles. The van der Waals surface area contributed by atoms with Crippen LogP contribution in [0, 0.1) is 0 Å². The molecule has 2 aliphatic rings. The van der Waals surface area contributed by atoms with E-state index in [-0.39, 0.29) is 11.7 Å². The number of nitrogens with two attached hydrogens (primary N) is 2. The summed E-state index contributed by atoms with van der Waals surface area (Å²) in [6.07, 6.45) is 5.10. The van der Waals surface area contributed by atoms with Gasteiger partial charge in [0.2, 0.25) is 11.9 Å². The minimum atomic E-state index is -0.473. The van der Waals surface area contributed by atoms with Gasteiger partial charge in [-0.15, -0.1) is 0 Å². The van der Waals surface area contributed by atoms with E-state index >= 15 is 0 Å². The fraction of sp³-hybridized carbons (Fsp3) is 0.286. The van der Waals surface area contributed by atoms with Gasteiger partial charge in [0, 0.05) is 16.8 Å². The highest BCUT2D eigenvalue weighted by Gasteiger charge is 2.42. The van der Waals surface area contributed by atoms with E-state index in [1.165, 1.54) is 6.42 Å². The molecule has 4 N–H and O–H groups in total. The molecule has 0 radical (unpaired) electrons. The smallest absolute Gasteiger partial charge is 0.220 e. The number of nitrogens with zero attached hydrogens (tertiary/aromatic N) is 3. The van der Waals surface area contributed by atoms with Gasteiger partial charge in [-0.2, -0.15) is 4.99 Å². The van der Waals surface area contributed by atoms with Crippen LogP contribution in [0.25, 0.3) is 0 Å². The van der Waals surface area contributed by atoms with Gasteiger partial charge in [0.25, 0.3) is 0 Å². The molecule has 4 rings (SSSR count). The summed E-state index contributed by atoms with van der Waals surface area (Å²) >= 11 is 0. The maximum Gasteiger partial charge on any atom is 0.220 e. The summed E-state index contributed by atoms with van der Waals surface area (Å²) in [6, 6.07) is 16.7. The first kappa shape index (κ1) is 17.3. The Balaban J connectivity index is 1.66. The number of hydrogen-bond acceptors (Lipinski definition) is 6. The Hall–Kier alpha value is -3.15. The maximum atomic E-state index is 12.6. The summed E-state index contributed by atoms with van der Waals surface area (Å²) < 4.78 is 0. The van der Waals surface area contributed by atoms with E-state index < -0.39 is 5.66 Å². The van der Waals surface area contributed by atoms with Crippen LogP contribution in [0.1, 0.15) is 48.0 Å². The average molecular weight is 361 g/mol. The first-order valence-corrected chi connectivity index (χ1v) is 9.29. The first-order valence-electron chi connectivity index (χ1n) is 9.29. The van der Waals surface area contributed by atoms with E-state index in [9.17, 15) is 4.79 Å². The van der Waals surface area contributed by atoms with Crippen LogP contribution in [0.3, 0.4) is 0 Å². The number of rotatable bonds is 3. The molecular formula is C21H23N5O. The molecule has 1 saturated carbocycles. The van der Waals surface area contributed by atoms with Crippen LogP contribution in [0.2, 0.25) is 0 Å². The van der Waals surface area contributed by atoms with Gasteiger partial charge in [-0.1, -0.05) is 36.8 Å². The van der Waals surface area contributed by atoms with Crippen LogP contribution in [-0.2, 0) is 0 Å². The lowest BCUT2D eigenvalue weighted by Gasteiger charge is -2.45. The highest BCUT2D eigenvalue weighted by Crippen LogP contribution is 2.39. The van der Waals surface area contributed by atoms with Crippen molar-refractivity contribution >= 4 is 23.4 Å². The van der Waals surface area contributed by atoms with Crippen LogP contribution in [-0.4, -0.2) is 23.4 Å². The Labute approximate surface area is 158 Å². The van der Waals surface area contributed by atoms with E-state index in [0.29, 0.717) is 17.1 Å². The van der Waals surface area contributed by atoms with E-state index in [1.54, 1.807) is 0 Å². The number of anilines is 1. The monoisotopic (exact) mass is 361 g/mol. The summed E-state index contributed by atoms with van der Waals surface area (Å²) in [5.41, 5.74) is 13.9. The van der Waals surface area contributed by atoms with Crippen LogP contribution < -0.4 is 16.4 Å². The van der Waals surface area contributed by atoms with Crippen molar-refractivity contribution < 1.29 is 4.79 Å². The highest BCUT2D eigenvalue weighted by molar-refractivity contribution is 6.09. The fourth-order valence-electron chi connectivity index (χ4n) is 4.01. The summed E-state index contributed by atoms with van der Waals surface area (Å²) in [6.45, 7) is 0. The molecule has 0 atom stereocenters. The van der Waals surface area contributed by atoms with Crippen molar-refractivity contribution in [1.82, 2.24) is 0 Å². The Morgan fingerprint density at radius 3 is 2.19 bits per heavy atom. The van der Waals surface area contributed by atoms with E-state index in [4.69, 9.17) is 11.5 Å². The minimum absolute atomic E-state index is 0.00271.